The summed E-state index contributed by atoms with van der Waals surface area (Å²) >= 11 is 0. The van der Waals surface area contributed by atoms with Gasteiger partial charge in [-0.15, -0.1) is 13.2 Å². The number of hydrogen-bond donors (Lipinski definition) is 2. The smallest absolute Gasteiger partial charge is 0.325 e. The van der Waals surface area contributed by atoms with Crippen LogP contribution in [0.25, 0.3) is 0 Å². The maximum absolute atomic E-state index is 12.8. The van der Waals surface area contributed by atoms with E-state index in [1.807, 2.05) is 4.90 Å². The number of amides is 2. The zero-order valence-corrected chi connectivity index (χ0v) is 16.2. The van der Waals surface area contributed by atoms with E-state index in [2.05, 4.69) is 23.8 Å². The van der Waals surface area contributed by atoms with Gasteiger partial charge < -0.3 is 10.6 Å². The Hall–Kier alpha value is -3.39. The molecule has 5 nitrogen and oxygen atoms in total. The maximum Gasteiger partial charge on any atom is 0.416 e. The summed E-state index contributed by atoms with van der Waals surface area (Å²) in [5.74, 6) is -0.875. The second-order valence-corrected chi connectivity index (χ2v) is 6.43. The maximum atomic E-state index is 12.8. The summed E-state index contributed by atoms with van der Waals surface area (Å²) in [6, 6.07) is 10.5. The minimum atomic E-state index is -4.50. The second kappa shape index (κ2) is 10.4. The number of hydrogen-bond acceptors (Lipinski definition) is 3. The first kappa shape index (κ1) is 22.9. The number of alkyl halides is 3. The van der Waals surface area contributed by atoms with Crippen molar-refractivity contribution in [3.63, 3.8) is 0 Å². The van der Waals surface area contributed by atoms with Crippen LogP contribution in [-0.4, -0.2) is 36.3 Å². The molecular formula is C22H22F3N3O2. The van der Waals surface area contributed by atoms with E-state index in [-0.39, 0.29) is 23.7 Å². The predicted octanol–water partition coefficient (Wildman–Crippen LogP) is 4.57. The van der Waals surface area contributed by atoms with E-state index in [9.17, 15) is 22.8 Å². The first-order chi connectivity index (χ1) is 14.2. The van der Waals surface area contributed by atoms with Crippen LogP contribution >= 0.6 is 0 Å². The summed E-state index contributed by atoms with van der Waals surface area (Å²) < 4.78 is 38.5. The molecule has 0 unspecified atom stereocenters. The molecule has 0 saturated heterocycles. The van der Waals surface area contributed by atoms with E-state index in [0.29, 0.717) is 18.8 Å². The molecule has 2 aromatic rings. The summed E-state index contributed by atoms with van der Waals surface area (Å²) in [5.41, 5.74) is -0.244. The Kier molecular flexibility index (Phi) is 7.94. The first-order valence-electron chi connectivity index (χ1n) is 9.05. The fraction of sp³-hybridized carbons (Fsp3) is 0.182. The van der Waals surface area contributed by atoms with Gasteiger partial charge >= 0.3 is 6.18 Å². The van der Waals surface area contributed by atoms with Gasteiger partial charge in [-0.3, -0.25) is 14.5 Å². The van der Waals surface area contributed by atoms with E-state index >= 15 is 0 Å². The predicted molar refractivity (Wildman–Crippen MR) is 111 cm³/mol. The molecule has 2 rings (SSSR count). The Morgan fingerprint density at radius 1 is 0.933 bits per heavy atom. The fourth-order valence-corrected chi connectivity index (χ4v) is 2.69. The monoisotopic (exact) mass is 417 g/mol. The molecule has 0 fully saturated rings. The average Bonchev–Trinajstić information content (AvgIpc) is 2.68. The molecule has 2 N–H and O–H groups in total. The second-order valence-electron chi connectivity index (χ2n) is 6.43. The number of carbonyl (C=O) groups is 2. The van der Waals surface area contributed by atoms with Gasteiger partial charge in [-0.05, 0) is 36.4 Å². The van der Waals surface area contributed by atoms with Gasteiger partial charge in [-0.1, -0.05) is 24.3 Å². The third-order valence-electron chi connectivity index (χ3n) is 4.00. The summed E-state index contributed by atoms with van der Waals surface area (Å²) in [7, 11) is 0. The molecule has 0 saturated carbocycles. The van der Waals surface area contributed by atoms with Gasteiger partial charge in [0.15, 0.2) is 0 Å². The third-order valence-corrected chi connectivity index (χ3v) is 4.00. The number of nitrogens with zero attached hydrogens (tertiary/aromatic N) is 1. The van der Waals surface area contributed by atoms with Crippen molar-refractivity contribution in [3.05, 3.63) is 85.0 Å². The standard InChI is InChI=1S/C22H22F3N3O2/c1-3-11-28(12-4-2)15-20(29)26-18-9-5-7-16(13-18)21(30)27-19-10-6-8-17(14-19)22(23,24)25/h3-10,13-14H,1-2,11-12,15H2,(H,26,29)(H,27,30). The van der Waals surface area contributed by atoms with E-state index in [1.165, 1.54) is 24.3 Å². The van der Waals surface area contributed by atoms with Crippen molar-refractivity contribution in [2.24, 2.45) is 0 Å². The van der Waals surface area contributed by atoms with Gasteiger partial charge in [-0.2, -0.15) is 13.2 Å². The zero-order chi connectivity index (χ0) is 22.1. The van der Waals surface area contributed by atoms with E-state index in [4.69, 9.17) is 0 Å². The highest BCUT2D eigenvalue weighted by molar-refractivity contribution is 6.05. The van der Waals surface area contributed by atoms with Crippen molar-refractivity contribution < 1.29 is 22.8 Å². The molecule has 0 aliphatic carbocycles. The molecule has 0 aliphatic heterocycles. The van der Waals surface area contributed by atoms with Crippen molar-refractivity contribution in [2.75, 3.05) is 30.3 Å². The van der Waals surface area contributed by atoms with Gasteiger partial charge in [0.2, 0.25) is 5.91 Å². The molecule has 0 bridgehead atoms. The Morgan fingerprint density at radius 2 is 1.53 bits per heavy atom. The lowest BCUT2D eigenvalue weighted by Crippen LogP contribution is -2.33. The average molecular weight is 417 g/mol. The molecular weight excluding hydrogens is 395 g/mol. The Bertz CT molecular complexity index is 916. The third kappa shape index (κ3) is 6.89. The highest BCUT2D eigenvalue weighted by Crippen LogP contribution is 2.30. The number of carbonyl (C=O) groups excluding carboxylic acids is 2. The fourth-order valence-electron chi connectivity index (χ4n) is 2.69. The topological polar surface area (TPSA) is 61.4 Å². The lowest BCUT2D eigenvalue weighted by molar-refractivity contribution is -0.137. The largest absolute Gasteiger partial charge is 0.416 e. The molecule has 0 radical (unpaired) electrons. The van der Waals surface area contributed by atoms with Crippen LogP contribution < -0.4 is 10.6 Å². The van der Waals surface area contributed by atoms with Crippen LogP contribution in [-0.2, 0) is 11.0 Å². The number of nitrogens with one attached hydrogen (secondary N) is 2. The molecule has 0 aliphatic rings. The summed E-state index contributed by atoms with van der Waals surface area (Å²) in [5, 5.41) is 5.13. The van der Waals surface area contributed by atoms with Crippen LogP contribution in [0, 0.1) is 0 Å². The van der Waals surface area contributed by atoms with Crippen molar-refractivity contribution in [3.8, 4) is 0 Å². The van der Waals surface area contributed by atoms with Gasteiger partial charge in [-0.25, -0.2) is 0 Å². The number of benzene rings is 2. The Labute approximate surface area is 172 Å². The van der Waals surface area contributed by atoms with Crippen LogP contribution in [0.2, 0.25) is 0 Å². The number of halogens is 3. The lowest BCUT2D eigenvalue weighted by atomic mass is 10.1. The van der Waals surface area contributed by atoms with Crippen LogP contribution in [0.5, 0.6) is 0 Å². The lowest BCUT2D eigenvalue weighted by Gasteiger charge is -2.18. The zero-order valence-electron chi connectivity index (χ0n) is 16.2. The first-order valence-corrected chi connectivity index (χ1v) is 9.05. The molecule has 2 amide bonds. The molecule has 0 atom stereocenters. The SMILES string of the molecule is C=CCN(CC=C)CC(=O)Nc1cccc(C(=O)Nc2cccc(C(F)(F)F)c2)c1. The van der Waals surface area contributed by atoms with Crippen LogP contribution in [0.15, 0.2) is 73.8 Å². The van der Waals surface area contributed by atoms with Gasteiger partial charge in [0.25, 0.3) is 5.91 Å². The molecule has 0 spiro atoms. The van der Waals surface area contributed by atoms with Crippen molar-refractivity contribution in [1.82, 2.24) is 4.90 Å². The molecule has 0 aromatic heterocycles. The van der Waals surface area contributed by atoms with Gasteiger partial charge in [0, 0.05) is 30.0 Å². The van der Waals surface area contributed by atoms with E-state index in [0.717, 1.165) is 12.1 Å². The summed E-state index contributed by atoms with van der Waals surface area (Å²) in [4.78, 5) is 26.5. The van der Waals surface area contributed by atoms with Crippen molar-refractivity contribution in [1.29, 1.82) is 0 Å². The minimum absolute atomic E-state index is 0.0220. The molecule has 2 aromatic carbocycles. The molecule has 0 heterocycles. The van der Waals surface area contributed by atoms with Crippen LogP contribution in [0.4, 0.5) is 24.5 Å². The molecule has 8 heteroatoms. The number of anilines is 2. The summed E-state index contributed by atoms with van der Waals surface area (Å²) in [6.07, 6.45) is -1.15. The van der Waals surface area contributed by atoms with Crippen molar-refractivity contribution in [2.45, 2.75) is 6.18 Å². The molecule has 158 valence electrons. The van der Waals surface area contributed by atoms with Crippen LogP contribution in [0.3, 0.4) is 0 Å². The molecule has 30 heavy (non-hydrogen) atoms. The summed E-state index contributed by atoms with van der Waals surface area (Å²) in [6.45, 7) is 8.42. The van der Waals surface area contributed by atoms with Gasteiger partial charge in [0.05, 0.1) is 12.1 Å². The quantitative estimate of drug-likeness (QED) is 0.588. The highest BCUT2D eigenvalue weighted by Gasteiger charge is 2.30. The van der Waals surface area contributed by atoms with Crippen LogP contribution in [0.1, 0.15) is 15.9 Å². The van der Waals surface area contributed by atoms with E-state index in [1.54, 1.807) is 24.3 Å². The van der Waals surface area contributed by atoms with Gasteiger partial charge in [0.1, 0.15) is 0 Å². The Morgan fingerprint density at radius 3 is 2.13 bits per heavy atom. The van der Waals surface area contributed by atoms with E-state index < -0.39 is 17.6 Å². The highest BCUT2D eigenvalue weighted by atomic mass is 19.4. The normalized spacial score (nSPS) is 11.1. The Balaban J connectivity index is 2.06. The minimum Gasteiger partial charge on any atom is -0.325 e. The van der Waals surface area contributed by atoms with Crippen molar-refractivity contribution >= 4 is 23.2 Å². The number of rotatable bonds is 9.